The molecule has 0 spiro atoms. The van der Waals surface area contributed by atoms with E-state index in [4.69, 9.17) is 15.6 Å². The molecule has 9 heteroatoms. The number of aliphatic hydroxyl groups excluding tert-OH is 2. The maximum Gasteiger partial charge on any atom is 0.280 e. The number of aliphatic hydroxyl groups is 2. The van der Waals surface area contributed by atoms with E-state index in [-0.39, 0.29) is 37.6 Å². The highest BCUT2D eigenvalue weighted by Gasteiger charge is 2.35. The first kappa shape index (κ1) is 14.4. The maximum absolute atomic E-state index is 11.6. The van der Waals surface area contributed by atoms with E-state index in [0.717, 1.165) is 0 Å². The van der Waals surface area contributed by atoms with Crippen LogP contribution in [0.4, 0.5) is 5.95 Å². The molecule has 0 amide bonds. The van der Waals surface area contributed by atoms with E-state index in [1.165, 1.54) is 10.9 Å². The summed E-state index contributed by atoms with van der Waals surface area (Å²) in [6.07, 6.45) is -0.270. The van der Waals surface area contributed by atoms with Gasteiger partial charge in [-0.1, -0.05) is 7.43 Å². The standard InChI is InChI=1S/C10H13N5O4.CH4/c11-10-13-8-7(9(18)14-10)12-3-15(8)6-1-4(17)5(2-16)19-6;/h3-6,16-17H,1-2H2,(H3,11,13,14,18);1H4/t4-,5+,6+;/m0./s1. The van der Waals surface area contributed by atoms with Gasteiger partial charge in [0.2, 0.25) is 5.95 Å². The molecule has 110 valence electrons. The van der Waals surface area contributed by atoms with Gasteiger partial charge in [-0.3, -0.25) is 14.3 Å². The van der Waals surface area contributed by atoms with Crippen LogP contribution in [0, 0.1) is 0 Å². The number of nitrogens with zero attached hydrogens (tertiary/aromatic N) is 3. The number of ether oxygens (including phenoxy) is 1. The lowest BCUT2D eigenvalue weighted by molar-refractivity contribution is -0.0432. The summed E-state index contributed by atoms with van der Waals surface area (Å²) in [5.74, 6) is -0.0171. The molecule has 3 atom stereocenters. The zero-order valence-electron chi connectivity index (χ0n) is 9.85. The minimum atomic E-state index is -0.771. The van der Waals surface area contributed by atoms with Crippen molar-refractivity contribution < 1.29 is 14.9 Å². The first-order chi connectivity index (χ1) is 9.10. The van der Waals surface area contributed by atoms with E-state index in [0.29, 0.717) is 0 Å². The fourth-order valence-corrected chi connectivity index (χ4v) is 2.20. The summed E-state index contributed by atoms with van der Waals surface area (Å²) in [5.41, 5.74) is 5.50. The van der Waals surface area contributed by atoms with E-state index in [1.807, 2.05) is 0 Å². The van der Waals surface area contributed by atoms with Gasteiger partial charge in [0.25, 0.3) is 5.56 Å². The molecule has 9 nitrogen and oxygen atoms in total. The van der Waals surface area contributed by atoms with Crippen LogP contribution >= 0.6 is 0 Å². The number of hydrogen-bond donors (Lipinski definition) is 4. The quantitative estimate of drug-likeness (QED) is 0.553. The van der Waals surface area contributed by atoms with Crippen molar-refractivity contribution in [2.45, 2.75) is 32.3 Å². The summed E-state index contributed by atoms with van der Waals surface area (Å²) < 4.78 is 7.01. The van der Waals surface area contributed by atoms with Crippen molar-refractivity contribution in [2.24, 2.45) is 0 Å². The molecule has 3 heterocycles. The molecule has 20 heavy (non-hydrogen) atoms. The van der Waals surface area contributed by atoms with E-state index in [9.17, 15) is 9.90 Å². The molecule has 0 aromatic carbocycles. The highest BCUT2D eigenvalue weighted by molar-refractivity contribution is 5.70. The average Bonchev–Trinajstić information content (AvgIpc) is 2.92. The summed E-state index contributed by atoms with van der Waals surface area (Å²) >= 11 is 0. The van der Waals surface area contributed by atoms with Crippen LogP contribution in [0.25, 0.3) is 11.2 Å². The van der Waals surface area contributed by atoms with Crippen LogP contribution < -0.4 is 11.3 Å². The number of imidazole rings is 1. The number of nitrogens with one attached hydrogen (secondary N) is 1. The Balaban J connectivity index is 0.00000147. The first-order valence-electron chi connectivity index (χ1n) is 5.77. The van der Waals surface area contributed by atoms with Crippen LogP contribution in [0.5, 0.6) is 0 Å². The van der Waals surface area contributed by atoms with Crippen LogP contribution in [0.3, 0.4) is 0 Å². The molecular formula is C11H17N5O4. The van der Waals surface area contributed by atoms with E-state index >= 15 is 0 Å². The Morgan fingerprint density at radius 2 is 2.35 bits per heavy atom. The Morgan fingerprint density at radius 1 is 1.60 bits per heavy atom. The molecule has 1 saturated heterocycles. The summed E-state index contributed by atoms with van der Waals surface area (Å²) in [6, 6.07) is 0. The largest absolute Gasteiger partial charge is 0.394 e. The van der Waals surface area contributed by atoms with Gasteiger partial charge in [-0.25, -0.2) is 4.98 Å². The van der Waals surface area contributed by atoms with Crippen molar-refractivity contribution in [1.29, 1.82) is 0 Å². The summed E-state index contributed by atoms with van der Waals surface area (Å²) in [4.78, 5) is 22.0. The number of aromatic amines is 1. The number of rotatable bonds is 2. The molecule has 0 aliphatic carbocycles. The number of hydrogen-bond acceptors (Lipinski definition) is 7. The van der Waals surface area contributed by atoms with Crippen LogP contribution in [0.15, 0.2) is 11.1 Å². The summed E-state index contributed by atoms with van der Waals surface area (Å²) in [5, 5.41) is 18.8. The Labute approximate surface area is 114 Å². The van der Waals surface area contributed by atoms with Gasteiger partial charge in [0, 0.05) is 6.42 Å². The second-order valence-electron chi connectivity index (χ2n) is 4.39. The third-order valence-corrected chi connectivity index (χ3v) is 3.15. The van der Waals surface area contributed by atoms with Crippen molar-refractivity contribution in [3.63, 3.8) is 0 Å². The lowest BCUT2D eigenvalue weighted by atomic mass is 10.2. The number of H-pyrrole nitrogens is 1. The van der Waals surface area contributed by atoms with Crippen LogP contribution in [0.1, 0.15) is 20.1 Å². The van der Waals surface area contributed by atoms with Gasteiger partial charge in [0.15, 0.2) is 11.2 Å². The normalized spacial score (nSPS) is 25.8. The number of anilines is 1. The fraction of sp³-hybridized carbons (Fsp3) is 0.545. The Hall–Kier alpha value is -1.97. The van der Waals surface area contributed by atoms with Gasteiger partial charge in [0.05, 0.1) is 19.0 Å². The van der Waals surface area contributed by atoms with Gasteiger partial charge >= 0.3 is 0 Å². The van der Waals surface area contributed by atoms with Gasteiger partial charge in [-0.15, -0.1) is 0 Å². The molecule has 1 aliphatic rings. The van der Waals surface area contributed by atoms with Crippen molar-refractivity contribution in [3.05, 3.63) is 16.7 Å². The number of fused-ring (bicyclic) bond motifs is 1. The minimum absolute atomic E-state index is 0. The third-order valence-electron chi connectivity index (χ3n) is 3.15. The molecule has 1 aliphatic heterocycles. The summed E-state index contributed by atoms with van der Waals surface area (Å²) in [6.45, 7) is -0.277. The molecular weight excluding hydrogens is 266 g/mol. The lowest BCUT2D eigenvalue weighted by Crippen LogP contribution is -2.24. The first-order valence-corrected chi connectivity index (χ1v) is 5.77. The third kappa shape index (κ3) is 2.15. The van der Waals surface area contributed by atoms with E-state index in [2.05, 4.69) is 15.0 Å². The second-order valence-corrected chi connectivity index (χ2v) is 4.39. The Morgan fingerprint density at radius 3 is 3.00 bits per heavy atom. The molecule has 0 bridgehead atoms. The fourth-order valence-electron chi connectivity index (χ4n) is 2.20. The molecule has 5 N–H and O–H groups in total. The SMILES string of the molecule is C.Nc1nc2c(ncn2[C@H]2C[C@H](O)[C@@H](CO)O2)c(=O)[nH]1. The van der Waals surface area contributed by atoms with E-state index in [1.54, 1.807) is 0 Å². The highest BCUT2D eigenvalue weighted by Crippen LogP contribution is 2.30. The van der Waals surface area contributed by atoms with Crippen LogP contribution in [0.2, 0.25) is 0 Å². The van der Waals surface area contributed by atoms with Crippen molar-refractivity contribution >= 4 is 17.1 Å². The monoisotopic (exact) mass is 283 g/mol. The molecule has 0 radical (unpaired) electrons. The molecule has 2 aromatic heterocycles. The van der Waals surface area contributed by atoms with Crippen molar-refractivity contribution in [3.8, 4) is 0 Å². The predicted molar refractivity (Wildman–Crippen MR) is 70.9 cm³/mol. The van der Waals surface area contributed by atoms with E-state index < -0.39 is 24.0 Å². The molecule has 2 aromatic rings. The molecule has 0 saturated carbocycles. The average molecular weight is 283 g/mol. The minimum Gasteiger partial charge on any atom is -0.394 e. The molecule has 1 fully saturated rings. The maximum atomic E-state index is 11.6. The summed E-state index contributed by atoms with van der Waals surface area (Å²) in [7, 11) is 0. The van der Waals surface area contributed by atoms with Crippen LogP contribution in [-0.2, 0) is 4.74 Å². The highest BCUT2D eigenvalue weighted by atomic mass is 16.5. The van der Waals surface area contributed by atoms with Gasteiger partial charge < -0.3 is 20.7 Å². The second kappa shape index (κ2) is 5.19. The zero-order chi connectivity index (χ0) is 13.6. The van der Waals surface area contributed by atoms with Crippen molar-refractivity contribution in [1.82, 2.24) is 19.5 Å². The van der Waals surface area contributed by atoms with Crippen molar-refractivity contribution in [2.75, 3.05) is 12.3 Å². The topological polar surface area (TPSA) is 139 Å². The predicted octanol–water partition coefficient (Wildman–Crippen LogP) is -1.02. The van der Waals surface area contributed by atoms with Gasteiger partial charge in [-0.05, 0) is 0 Å². The molecule has 0 unspecified atom stereocenters. The number of nitrogens with two attached hydrogens (primary N) is 1. The Bertz CT molecular complexity index is 666. The molecule has 3 rings (SSSR count). The zero-order valence-corrected chi connectivity index (χ0v) is 9.85. The lowest BCUT2D eigenvalue weighted by Gasteiger charge is -2.13. The Kier molecular flexibility index (Phi) is 3.75. The number of aromatic nitrogens is 4. The van der Waals surface area contributed by atoms with Gasteiger partial charge in [0.1, 0.15) is 12.3 Å². The van der Waals surface area contributed by atoms with Gasteiger partial charge in [-0.2, -0.15) is 4.98 Å². The smallest absolute Gasteiger partial charge is 0.280 e. The number of nitrogen functional groups attached to an aromatic ring is 1. The van der Waals surface area contributed by atoms with Crippen LogP contribution in [-0.4, -0.2) is 48.5 Å².